The van der Waals surface area contributed by atoms with E-state index in [4.69, 9.17) is 9.47 Å². The van der Waals surface area contributed by atoms with Crippen LogP contribution in [0, 0.1) is 3.57 Å². The predicted octanol–water partition coefficient (Wildman–Crippen LogP) is 3.04. The fourth-order valence-electron chi connectivity index (χ4n) is 5.51. The first kappa shape index (κ1) is 30.0. The summed E-state index contributed by atoms with van der Waals surface area (Å²) in [5.74, 6) is 0.142. The smallest absolute Gasteiger partial charge is 0.247 e. The minimum absolute atomic E-state index is 0.0575. The molecule has 0 aliphatic heterocycles. The number of hydrogen-bond acceptors (Lipinski definition) is 7. The Hall–Kier alpha value is -2.96. The van der Waals surface area contributed by atoms with Gasteiger partial charge in [0, 0.05) is 30.1 Å². The van der Waals surface area contributed by atoms with Crippen LogP contribution in [0.1, 0.15) is 48.0 Å². The van der Waals surface area contributed by atoms with Crippen LogP contribution in [0.2, 0.25) is 0 Å². The maximum atomic E-state index is 13.8. The molecule has 1 saturated carbocycles. The highest BCUT2D eigenvalue weighted by molar-refractivity contribution is 14.1. The number of hydrogen-bond donors (Lipinski definition) is 3. The number of methoxy groups -OCH3 is 1. The van der Waals surface area contributed by atoms with Gasteiger partial charge < -0.3 is 29.9 Å². The quantitative estimate of drug-likeness (QED) is 0.250. The average molecular weight is 663 g/mol. The van der Waals surface area contributed by atoms with Gasteiger partial charge in [0.05, 0.1) is 29.7 Å². The molecule has 9 nitrogen and oxygen atoms in total. The zero-order valence-corrected chi connectivity index (χ0v) is 24.6. The monoisotopic (exact) mass is 662 g/mol. The molecular weight excluding hydrogens is 627 g/mol. The summed E-state index contributed by atoms with van der Waals surface area (Å²) in [5, 5.41) is 23.7. The Bertz CT molecular complexity index is 1230. The lowest BCUT2D eigenvalue weighted by molar-refractivity contribution is -0.141. The molecular formula is C30H35IN2O7. The second kappa shape index (κ2) is 14.1. The van der Waals surface area contributed by atoms with E-state index in [1.54, 1.807) is 23.1 Å². The van der Waals surface area contributed by atoms with Crippen molar-refractivity contribution in [1.29, 1.82) is 0 Å². The number of carbonyl (C=O) groups excluding carboxylic acids is 3. The Morgan fingerprint density at radius 2 is 1.90 bits per heavy atom. The highest BCUT2D eigenvalue weighted by Crippen LogP contribution is 2.38. The number of aliphatic hydroxyl groups is 2. The molecule has 1 fully saturated rings. The molecule has 214 valence electrons. The van der Waals surface area contributed by atoms with Crippen LogP contribution in [-0.2, 0) is 16.0 Å². The summed E-state index contributed by atoms with van der Waals surface area (Å²) in [6, 6.07) is 11.9. The molecule has 2 aliphatic rings. The molecule has 0 bridgehead atoms. The standard InChI is InChI=1S/C30H35IN2O7/c1-39-26-14-20(18-35)13-23(31)29(26)40-25-17-21(30(38)32-11-12-34)16-24(28(25)37)33(22-9-5-6-10-22)27(36)15-19-7-3-2-4-8-19/h2-4,7-8,13-14,17-18,22,24-25,28,34,37H,5-6,9-12,15-16H2,1H3,(H,32,38)/t24-,25+,28+/m1/s1. The van der Waals surface area contributed by atoms with Crippen molar-refractivity contribution in [3.8, 4) is 11.5 Å². The van der Waals surface area contributed by atoms with Crippen LogP contribution >= 0.6 is 22.6 Å². The third-order valence-corrected chi connectivity index (χ3v) is 8.22. The van der Waals surface area contributed by atoms with Gasteiger partial charge in [-0.25, -0.2) is 0 Å². The molecule has 0 unspecified atom stereocenters. The van der Waals surface area contributed by atoms with Gasteiger partial charge in [-0.3, -0.25) is 14.4 Å². The van der Waals surface area contributed by atoms with Gasteiger partial charge in [-0.1, -0.05) is 43.2 Å². The zero-order valence-electron chi connectivity index (χ0n) is 22.4. The van der Waals surface area contributed by atoms with Gasteiger partial charge in [0.2, 0.25) is 11.8 Å². The van der Waals surface area contributed by atoms with Crippen LogP contribution in [-0.4, -0.2) is 77.8 Å². The summed E-state index contributed by atoms with van der Waals surface area (Å²) in [7, 11) is 1.46. The molecule has 40 heavy (non-hydrogen) atoms. The Morgan fingerprint density at radius 3 is 2.55 bits per heavy atom. The number of amides is 2. The van der Waals surface area contributed by atoms with E-state index < -0.39 is 18.2 Å². The summed E-state index contributed by atoms with van der Waals surface area (Å²) < 4.78 is 12.4. The first-order valence-corrected chi connectivity index (χ1v) is 14.6. The molecule has 2 amide bonds. The molecule has 3 N–H and O–H groups in total. The van der Waals surface area contributed by atoms with Gasteiger partial charge in [0.25, 0.3) is 0 Å². The van der Waals surface area contributed by atoms with Gasteiger partial charge >= 0.3 is 0 Å². The van der Waals surface area contributed by atoms with Crippen molar-refractivity contribution < 1.29 is 34.1 Å². The molecule has 2 aromatic carbocycles. The summed E-state index contributed by atoms with van der Waals surface area (Å²) in [4.78, 5) is 40.1. The average Bonchev–Trinajstić information content (AvgIpc) is 3.49. The third-order valence-electron chi connectivity index (χ3n) is 7.42. The minimum atomic E-state index is -1.14. The zero-order chi connectivity index (χ0) is 28.6. The van der Waals surface area contributed by atoms with Crippen LogP contribution in [0.25, 0.3) is 0 Å². The van der Waals surface area contributed by atoms with Crippen LogP contribution < -0.4 is 14.8 Å². The molecule has 0 spiro atoms. The van der Waals surface area contributed by atoms with Gasteiger partial charge in [-0.05, 0) is 59.2 Å². The maximum absolute atomic E-state index is 13.8. The number of ether oxygens (including phenoxy) is 2. The first-order chi connectivity index (χ1) is 19.4. The number of aliphatic hydroxyl groups excluding tert-OH is 2. The summed E-state index contributed by atoms with van der Waals surface area (Å²) >= 11 is 2.03. The van der Waals surface area contributed by atoms with E-state index in [1.165, 1.54) is 7.11 Å². The maximum Gasteiger partial charge on any atom is 0.247 e. The number of nitrogens with zero attached hydrogens (tertiary/aromatic N) is 1. The Balaban J connectivity index is 1.71. The van der Waals surface area contributed by atoms with E-state index in [9.17, 15) is 24.6 Å². The van der Waals surface area contributed by atoms with E-state index in [1.807, 2.05) is 52.9 Å². The number of nitrogens with one attached hydrogen (secondary N) is 1. The topological polar surface area (TPSA) is 125 Å². The van der Waals surface area contributed by atoms with Crippen molar-refractivity contribution in [2.75, 3.05) is 20.3 Å². The van der Waals surface area contributed by atoms with Crippen LogP contribution in [0.5, 0.6) is 11.5 Å². The molecule has 0 saturated heterocycles. The van der Waals surface area contributed by atoms with E-state index in [0.29, 0.717) is 32.5 Å². The molecule has 3 atom stereocenters. The number of halogens is 1. The second-order valence-corrected chi connectivity index (χ2v) is 11.2. The Morgan fingerprint density at radius 1 is 1.18 bits per heavy atom. The van der Waals surface area contributed by atoms with E-state index in [0.717, 1.165) is 31.2 Å². The van der Waals surface area contributed by atoms with Crippen molar-refractivity contribution in [3.63, 3.8) is 0 Å². The van der Waals surface area contributed by atoms with Gasteiger partial charge in [0.1, 0.15) is 18.5 Å². The highest BCUT2D eigenvalue weighted by atomic mass is 127. The SMILES string of the molecule is COc1cc(C=O)cc(I)c1O[C@H]1C=C(C(=O)NCCO)C[C@@H](N(C(=O)Cc2ccccc2)C2CCCC2)[C@@H]1O. The van der Waals surface area contributed by atoms with Crippen LogP contribution in [0.4, 0.5) is 0 Å². The molecule has 4 rings (SSSR count). The van der Waals surface area contributed by atoms with Gasteiger partial charge in [-0.15, -0.1) is 0 Å². The Kier molecular flexibility index (Phi) is 10.6. The Labute approximate surface area is 247 Å². The molecule has 2 aromatic rings. The van der Waals surface area contributed by atoms with Crippen LogP contribution in [0.3, 0.4) is 0 Å². The lowest BCUT2D eigenvalue weighted by Gasteiger charge is -2.43. The largest absolute Gasteiger partial charge is 0.493 e. The number of carbonyl (C=O) groups is 3. The van der Waals surface area contributed by atoms with E-state index in [2.05, 4.69) is 5.32 Å². The van der Waals surface area contributed by atoms with Crippen molar-refractivity contribution in [2.45, 2.75) is 62.8 Å². The first-order valence-electron chi connectivity index (χ1n) is 13.5. The van der Waals surface area contributed by atoms with Gasteiger partial charge in [0.15, 0.2) is 11.5 Å². The number of benzene rings is 2. The van der Waals surface area contributed by atoms with Crippen molar-refractivity contribution in [2.24, 2.45) is 0 Å². The molecule has 10 heteroatoms. The van der Waals surface area contributed by atoms with Crippen molar-refractivity contribution in [1.82, 2.24) is 10.2 Å². The summed E-state index contributed by atoms with van der Waals surface area (Å²) in [6.45, 7) is -0.139. The fourth-order valence-corrected chi connectivity index (χ4v) is 6.26. The normalized spacial score (nSPS) is 20.9. The van der Waals surface area contributed by atoms with Gasteiger partial charge in [-0.2, -0.15) is 0 Å². The third kappa shape index (κ3) is 7.02. The molecule has 0 radical (unpaired) electrons. The van der Waals surface area contributed by atoms with Crippen molar-refractivity contribution >= 4 is 40.7 Å². The molecule has 0 heterocycles. The second-order valence-electron chi connectivity index (χ2n) is 10.1. The highest BCUT2D eigenvalue weighted by Gasteiger charge is 2.43. The molecule has 0 aromatic heterocycles. The van der Waals surface area contributed by atoms with E-state index in [-0.39, 0.29) is 43.8 Å². The number of rotatable bonds is 11. The lowest BCUT2D eigenvalue weighted by atomic mass is 9.86. The van der Waals surface area contributed by atoms with Crippen LogP contribution in [0.15, 0.2) is 54.1 Å². The van der Waals surface area contributed by atoms with Crippen molar-refractivity contribution in [3.05, 3.63) is 68.8 Å². The fraction of sp³-hybridized carbons (Fsp3) is 0.433. The van der Waals surface area contributed by atoms with E-state index >= 15 is 0 Å². The molecule has 2 aliphatic carbocycles. The number of aldehydes is 1. The predicted molar refractivity (Wildman–Crippen MR) is 157 cm³/mol. The minimum Gasteiger partial charge on any atom is -0.493 e. The summed E-state index contributed by atoms with van der Waals surface area (Å²) in [6.07, 6.45) is 4.11. The lowest BCUT2D eigenvalue weighted by Crippen LogP contribution is -2.58. The summed E-state index contributed by atoms with van der Waals surface area (Å²) in [5.41, 5.74) is 1.65.